The van der Waals surface area contributed by atoms with Crippen LogP contribution in [0.25, 0.3) is 11.1 Å². The average molecular weight is 394 g/mol. The highest BCUT2D eigenvalue weighted by Crippen LogP contribution is 2.21. The van der Waals surface area contributed by atoms with Crippen LogP contribution in [0.2, 0.25) is 0 Å². The summed E-state index contributed by atoms with van der Waals surface area (Å²) in [6.07, 6.45) is 7.93. The predicted octanol–water partition coefficient (Wildman–Crippen LogP) is 2.52. The number of aromatic nitrogens is 6. The third-order valence-corrected chi connectivity index (χ3v) is 4.26. The quantitative estimate of drug-likeness (QED) is 0.442. The number of nitrogens with zero attached hydrogens (tertiary/aromatic N) is 6. The molecular formula is C19H19FN8O. The Hall–Kier alpha value is -3.79. The number of benzene rings is 1. The van der Waals surface area contributed by atoms with Gasteiger partial charge in [-0.3, -0.25) is 14.6 Å². The SMILES string of the molecule is Cn1cc(-c2cccc(CNc3nc(Nc4nccn4CO)ncc3F)c2)cn1. The monoisotopic (exact) mass is 394 g/mol. The van der Waals surface area contributed by atoms with Gasteiger partial charge in [0.15, 0.2) is 11.6 Å². The van der Waals surface area contributed by atoms with Crippen LogP contribution in [0.1, 0.15) is 5.56 Å². The summed E-state index contributed by atoms with van der Waals surface area (Å²) in [7, 11) is 1.87. The van der Waals surface area contributed by atoms with Crippen LogP contribution in [-0.4, -0.2) is 34.4 Å². The van der Waals surface area contributed by atoms with Crippen LogP contribution < -0.4 is 10.6 Å². The summed E-state index contributed by atoms with van der Waals surface area (Å²) in [6.45, 7) is 0.134. The number of aliphatic hydroxyl groups is 1. The fourth-order valence-electron chi connectivity index (χ4n) is 2.82. The van der Waals surface area contributed by atoms with E-state index in [1.165, 1.54) is 10.8 Å². The maximum atomic E-state index is 14.2. The first-order valence-electron chi connectivity index (χ1n) is 8.86. The standard InChI is InChI=1S/C19H19FN8O/c1-27-11-15(9-24-27)14-4-2-3-13(7-14)8-22-17-16(20)10-23-18(25-17)26-19-21-5-6-28(19)12-29/h2-7,9-11,29H,8,12H2,1H3,(H2,21,22,23,25,26). The van der Waals surface area contributed by atoms with Gasteiger partial charge in [0.05, 0.1) is 12.4 Å². The second kappa shape index (κ2) is 8.07. The maximum absolute atomic E-state index is 14.2. The zero-order valence-corrected chi connectivity index (χ0v) is 15.6. The second-order valence-corrected chi connectivity index (χ2v) is 6.33. The highest BCUT2D eigenvalue weighted by Gasteiger charge is 2.10. The van der Waals surface area contributed by atoms with Crippen LogP contribution in [0, 0.1) is 5.82 Å². The van der Waals surface area contributed by atoms with Gasteiger partial charge in [0.1, 0.15) is 6.73 Å². The molecule has 0 saturated heterocycles. The Labute approximate surface area is 165 Å². The van der Waals surface area contributed by atoms with Gasteiger partial charge in [-0.05, 0) is 17.2 Å². The van der Waals surface area contributed by atoms with Crippen molar-refractivity contribution < 1.29 is 9.50 Å². The molecule has 0 unspecified atom stereocenters. The number of halogens is 1. The molecule has 3 aromatic heterocycles. The van der Waals surface area contributed by atoms with Gasteiger partial charge < -0.3 is 10.4 Å². The number of nitrogens with one attached hydrogen (secondary N) is 2. The molecule has 3 N–H and O–H groups in total. The normalized spacial score (nSPS) is 10.9. The van der Waals surface area contributed by atoms with Crippen LogP contribution in [0.3, 0.4) is 0 Å². The number of imidazole rings is 1. The van der Waals surface area contributed by atoms with E-state index in [1.807, 2.05) is 37.5 Å². The van der Waals surface area contributed by atoms with Gasteiger partial charge in [0.2, 0.25) is 11.9 Å². The fourth-order valence-corrected chi connectivity index (χ4v) is 2.82. The smallest absolute Gasteiger partial charge is 0.231 e. The van der Waals surface area contributed by atoms with Gasteiger partial charge in [-0.15, -0.1) is 0 Å². The van der Waals surface area contributed by atoms with E-state index in [-0.39, 0.29) is 18.5 Å². The van der Waals surface area contributed by atoms with E-state index in [4.69, 9.17) is 0 Å². The molecule has 4 rings (SSSR count). The molecule has 29 heavy (non-hydrogen) atoms. The van der Waals surface area contributed by atoms with Crippen LogP contribution in [0.15, 0.2) is 55.2 Å². The summed E-state index contributed by atoms with van der Waals surface area (Å²) >= 11 is 0. The lowest BCUT2D eigenvalue weighted by molar-refractivity contribution is 0.212. The summed E-state index contributed by atoms with van der Waals surface area (Å²) in [5, 5.41) is 19.3. The Morgan fingerprint density at radius 2 is 2.07 bits per heavy atom. The molecule has 1 aromatic carbocycles. The molecule has 0 aliphatic rings. The van der Waals surface area contributed by atoms with Crippen LogP contribution >= 0.6 is 0 Å². The Bertz CT molecular complexity index is 1120. The van der Waals surface area contributed by atoms with Gasteiger partial charge in [-0.25, -0.2) is 14.4 Å². The fraction of sp³-hybridized carbons (Fsp3) is 0.158. The van der Waals surface area contributed by atoms with Crippen molar-refractivity contribution in [2.75, 3.05) is 10.6 Å². The van der Waals surface area contributed by atoms with Crippen LogP contribution in [-0.2, 0) is 20.3 Å². The molecule has 0 atom stereocenters. The minimum atomic E-state index is -0.565. The Kier molecular flexibility index (Phi) is 5.16. The third kappa shape index (κ3) is 4.22. The Morgan fingerprint density at radius 1 is 1.17 bits per heavy atom. The molecule has 0 spiro atoms. The maximum Gasteiger partial charge on any atom is 0.231 e. The molecule has 10 heteroatoms. The van der Waals surface area contributed by atoms with E-state index >= 15 is 0 Å². The number of hydrogen-bond acceptors (Lipinski definition) is 7. The van der Waals surface area contributed by atoms with Crippen LogP contribution in [0.5, 0.6) is 0 Å². The van der Waals surface area contributed by atoms with Crippen LogP contribution in [0.4, 0.5) is 22.1 Å². The van der Waals surface area contributed by atoms with E-state index in [0.717, 1.165) is 22.9 Å². The lowest BCUT2D eigenvalue weighted by Crippen LogP contribution is -2.09. The van der Waals surface area contributed by atoms with Gasteiger partial charge >= 0.3 is 0 Å². The van der Waals surface area contributed by atoms with Crippen molar-refractivity contribution in [1.82, 2.24) is 29.3 Å². The van der Waals surface area contributed by atoms with E-state index in [2.05, 4.69) is 30.7 Å². The van der Waals surface area contributed by atoms with Crippen molar-refractivity contribution in [3.05, 3.63) is 66.6 Å². The molecule has 0 amide bonds. The number of aryl methyl sites for hydroxylation is 1. The molecule has 3 heterocycles. The minimum Gasteiger partial charge on any atom is -0.376 e. The van der Waals surface area contributed by atoms with Crippen molar-refractivity contribution in [1.29, 1.82) is 0 Å². The molecule has 0 fully saturated rings. The molecule has 9 nitrogen and oxygen atoms in total. The topological polar surface area (TPSA) is 106 Å². The molecule has 0 saturated carbocycles. The molecule has 0 bridgehead atoms. The lowest BCUT2D eigenvalue weighted by Gasteiger charge is -2.10. The van der Waals surface area contributed by atoms with E-state index < -0.39 is 5.82 Å². The first-order valence-corrected chi connectivity index (χ1v) is 8.86. The lowest BCUT2D eigenvalue weighted by atomic mass is 10.1. The average Bonchev–Trinajstić information content (AvgIpc) is 3.37. The van der Waals surface area contributed by atoms with Gasteiger partial charge in [-0.2, -0.15) is 10.1 Å². The highest BCUT2D eigenvalue weighted by atomic mass is 19.1. The largest absolute Gasteiger partial charge is 0.376 e. The summed E-state index contributed by atoms with van der Waals surface area (Å²) < 4.78 is 17.4. The number of aliphatic hydroxyl groups excluding tert-OH is 1. The van der Waals surface area contributed by atoms with Crippen molar-refractivity contribution in [3.63, 3.8) is 0 Å². The first kappa shape index (κ1) is 18.6. The molecule has 0 radical (unpaired) electrons. The molecule has 0 aliphatic carbocycles. The Balaban J connectivity index is 1.48. The van der Waals surface area contributed by atoms with E-state index in [0.29, 0.717) is 12.5 Å². The predicted molar refractivity (Wildman–Crippen MR) is 106 cm³/mol. The Morgan fingerprint density at radius 3 is 2.86 bits per heavy atom. The molecule has 148 valence electrons. The number of anilines is 3. The highest BCUT2D eigenvalue weighted by molar-refractivity contribution is 5.62. The summed E-state index contributed by atoms with van der Waals surface area (Å²) in [6, 6.07) is 7.90. The summed E-state index contributed by atoms with van der Waals surface area (Å²) in [4.78, 5) is 12.1. The van der Waals surface area contributed by atoms with Gasteiger partial charge in [0.25, 0.3) is 0 Å². The van der Waals surface area contributed by atoms with Crippen molar-refractivity contribution in [2.45, 2.75) is 13.3 Å². The minimum absolute atomic E-state index is 0.0661. The van der Waals surface area contributed by atoms with Gasteiger partial charge in [-0.1, -0.05) is 18.2 Å². The van der Waals surface area contributed by atoms with E-state index in [9.17, 15) is 9.50 Å². The number of rotatable bonds is 7. The van der Waals surface area contributed by atoms with Crippen molar-refractivity contribution >= 4 is 17.7 Å². The third-order valence-electron chi connectivity index (χ3n) is 4.26. The summed E-state index contributed by atoms with van der Waals surface area (Å²) in [5.41, 5.74) is 3.00. The van der Waals surface area contributed by atoms with E-state index in [1.54, 1.807) is 17.1 Å². The van der Waals surface area contributed by atoms with Crippen molar-refractivity contribution in [3.8, 4) is 11.1 Å². The molecule has 0 aliphatic heterocycles. The summed E-state index contributed by atoms with van der Waals surface area (Å²) in [5.74, 6) is 0.0222. The zero-order valence-electron chi connectivity index (χ0n) is 15.6. The van der Waals surface area contributed by atoms with Crippen molar-refractivity contribution in [2.24, 2.45) is 7.05 Å². The first-order chi connectivity index (χ1) is 14.1. The number of hydrogen-bond donors (Lipinski definition) is 3. The second-order valence-electron chi connectivity index (χ2n) is 6.33. The zero-order chi connectivity index (χ0) is 20.2. The molecular weight excluding hydrogens is 375 g/mol. The molecule has 4 aromatic rings. The van der Waals surface area contributed by atoms with Gasteiger partial charge in [0, 0.05) is 37.7 Å².